The number of likely N-dealkylation sites (tertiary alicyclic amines) is 1. The van der Waals surface area contributed by atoms with Crippen LogP contribution in [0.25, 0.3) is 0 Å². The molecule has 2 heterocycles. The summed E-state index contributed by atoms with van der Waals surface area (Å²) in [5, 5.41) is 2.92. The molecule has 0 atom stereocenters. The molecule has 1 aromatic heterocycles. The third-order valence-electron chi connectivity index (χ3n) is 6.58. The van der Waals surface area contributed by atoms with E-state index in [0.29, 0.717) is 31.7 Å². The molecule has 0 bridgehead atoms. The average Bonchev–Trinajstić information content (AvgIpc) is 3.26. The van der Waals surface area contributed by atoms with Crippen LogP contribution in [0.2, 0.25) is 0 Å². The molecule has 2 aromatic rings. The van der Waals surface area contributed by atoms with E-state index in [-0.39, 0.29) is 17.7 Å². The highest BCUT2D eigenvalue weighted by atomic mass is 79.9. The Kier molecular flexibility index (Phi) is 6.23. The zero-order valence-electron chi connectivity index (χ0n) is 17.4. The number of aromatic nitrogens is 1. The summed E-state index contributed by atoms with van der Waals surface area (Å²) < 4.78 is 1.03. The zero-order valence-corrected chi connectivity index (χ0v) is 19.0. The molecule has 5 nitrogen and oxygen atoms in total. The Bertz CT molecular complexity index is 897. The van der Waals surface area contributed by atoms with Gasteiger partial charge in [-0.25, -0.2) is 4.98 Å². The minimum atomic E-state index is -0.401. The van der Waals surface area contributed by atoms with Gasteiger partial charge in [-0.15, -0.1) is 0 Å². The van der Waals surface area contributed by atoms with Gasteiger partial charge in [-0.2, -0.15) is 0 Å². The zero-order chi connectivity index (χ0) is 21.1. The number of nitrogens with one attached hydrogen (secondary N) is 1. The molecule has 1 aliphatic carbocycles. The van der Waals surface area contributed by atoms with Crippen LogP contribution in [0.3, 0.4) is 0 Å². The highest BCUT2D eigenvalue weighted by molar-refractivity contribution is 9.10. The van der Waals surface area contributed by atoms with Crippen molar-refractivity contribution in [3.05, 3.63) is 58.2 Å². The molecule has 2 aliphatic rings. The van der Waals surface area contributed by atoms with Crippen LogP contribution in [0.5, 0.6) is 0 Å². The van der Waals surface area contributed by atoms with Crippen molar-refractivity contribution in [1.29, 1.82) is 0 Å². The first kappa shape index (κ1) is 21.0. The maximum atomic E-state index is 13.6. The summed E-state index contributed by atoms with van der Waals surface area (Å²) in [6.07, 6.45) is 7.13. The van der Waals surface area contributed by atoms with Gasteiger partial charge in [0.1, 0.15) is 5.82 Å². The number of halogens is 1. The van der Waals surface area contributed by atoms with Crippen molar-refractivity contribution in [3.8, 4) is 0 Å². The largest absolute Gasteiger partial charge is 0.342 e. The summed E-state index contributed by atoms with van der Waals surface area (Å²) in [6.45, 7) is 3.24. The van der Waals surface area contributed by atoms with Crippen molar-refractivity contribution < 1.29 is 9.59 Å². The number of piperidine rings is 1. The van der Waals surface area contributed by atoms with E-state index in [1.807, 2.05) is 36.1 Å². The van der Waals surface area contributed by atoms with E-state index in [1.54, 1.807) is 6.20 Å². The highest BCUT2D eigenvalue weighted by Crippen LogP contribution is 2.43. The number of rotatable bonds is 4. The van der Waals surface area contributed by atoms with E-state index in [2.05, 4.69) is 38.4 Å². The monoisotopic (exact) mass is 469 g/mol. The van der Waals surface area contributed by atoms with E-state index in [1.165, 1.54) is 0 Å². The summed E-state index contributed by atoms with van der Waals surface area (Å²) in [5.41, 5.74) is 1.78. The molecule has 1 aromatic carbocycles. The molecule has 1 N–H and O–H groups in total. The number of pyridine rings is 1. The van der Waals surface area contributed by atoms with Gasteiger partial charge in [0.15, 0.2) is 0 Å². The fourth-order valence-corrected chi connectivity index (χ4v) is 5.06. The predicted molar refractivity (Wildman–Crippen MR) is 121 cm³/mol. The third kappa shape index (κ3) is 4.29. The van der Waals surface area contributed by atoms with E-state index in [9.17, 15) is 9.59 Å². The Labute approximate surface area is 186 Å². The van der Waals surface area contributed by atoms with Gasteiger partial charge in [0.25, 0.3) is 0 Å². The molecule has 0 unspecified atom stereocenters. The van der Waals surface area contributed by atoms with Gasteiger partial charge in [0.05, 0.1) is 5.41 Å². The molecule has 0 spiro atoms. The maximum absolute atomic E-state index is 13.6. The SMILES string of the molecule is Cc1ccc(NC(=O)C2CCN(C(=O)C3(c4ccc(Br)cc4)CCCC3)CC2)nc1. The standard InChI is InChI=1S/C24H28BrN3O2/c1-17-4-9-21(26-16-17)27-22(29)18-10-14-28(15-11-18)23(30)24(12-2-3-13-24)19-5-7-20(25)8-6-19/h4-9,16,18H,2-3,10-15H2,1H3,(H,26,27,29). The van der Waals surface area contributed by atoms with Gasteiger partial charge in [0.2, 0.25) is 11.8 Å². The van der Waals surface area contributed by atoms with Gasteiger partial charge in [-0.3, -0.25) is 9.59 Å². The Balaban J connectivity index is 1.40. The van der Waals surface area contributed by atoms with Crippen molar-refractivity contribution in [2.24, 2.45) is 5.92 Å². The van der Waals surface area contributed by atoms with E-state index in [4.69, 9.17) is 0 Å². The fourth-order valence-electron chi connectivity index (χ4n) is 4.79. The highest BCUT2D eigenvalue weighted by Gasteiger charge is 2.45. The van der Waals surface area contributed by atoms with Crippen molar-refractivity contribution in [2.45, 2.75) is 50.9 Å². The van der Waals surface area contributed by atoms with E-state index in [0.717, 1.165) is 41.3 Å². The summed E-state index contributed by atoms with van der Waals surface area (Å²) in [6, 6.07) is 12.0. The van der Waals surface area contributed by atoms with Gasteiger partial charge in [-0.05, 0) is 61.9 Å². The molecule has 1 saturated carbocycles. The Morgan fingerprint density at radius 2 is 1.73 bits per heavy atom. The Morgan fingerprint density at radius 1 is 1.07 bits per heavy atom. The van der Waals surface area contributed by atoms with Crippen LogP contribution >= 0.6 is 15.9 Å². The van der Waals surface area contributed by atoms with Crippen LogP contribution in [-0.4, -0.2) is 34.8 Å². The second-order valence-electron chi connectivity index (χ2n) is 8.57. The van der Waals surface area contributed by atoms with Crippen LogP contribution in [0.1, 0.15) is 49.7 Å². The first-order chi connectivity index (χ1) is 14.5. The molecular weight excluding hydrogens is 442 g/mol. The topological polar surface area (TPSA) is 62.3 Å². The van der Waals surface area contributed by atoms with Crippen LogP contribution in [-0.2, 0) is 15.0 Å². The molecule has 0 radical (unpaired) electrons. The minimum absolute atomic E-state index is 0.00180. The third-order valence-corrected chi connectivity index (χ3v) is 7.11. The quantitative estimate of drug-likeness (QED) is 0.696. The fraction of sp³-hybridized carbons (Fsp3) is 0.458. The first-order valence-corrected chi connectivity index (χ1v) is 11.6. The van der Waals surface area contributed by atoms with Crippen LogP contribution < -0.4 is 5.32 Å². The number of nitrogens with zero attached hydrogens (tertiary/aromatic N) is 2. The van der Waals surface area contributed by atoms with Crippen LogP contribution in [0, 0.1) is 12.8 Å². The lowest BCUT2D eigenvalue weighted by Gasteiger charge is -2.38. The normalized spacial score (nSPS) is 18.9. The van der Waals surface area contributed by atoms with Crippen molar-refractivity contribution >= 4 is 33.6 Å². The van der Waals surface area contributed by atoms with Crippen LogP contribution in [0.15, 0.2) is 47.1 Å². The van der Waals surface area contributed by atoms with Crippen molar-refractivity contribution in [1.82, 2.24) is 9.88 Å². The number of anilines is 1. The number of hydrogen-bond donors (Lipinski definition) is 1. The summed E-state index contributed by atoms with van der Waals surface area (Å²) >= 11 is 3.49. The summed E-state index contributed by atoms with van der Waals surface area (Å²) in [5.74, 6) is 0.747. The molecule has 4 rings (SSSR count). The summed E-state index contributed by atoms with van der Waals surface area (Å²) in [4.78, 5) is 32.5. The number of amides is 2. The van der Waals surface area contributed by atoms with Gasteiger partial charge in [-0.1, -0.05) is 47.0 Å². The van der Waals surface area contributed by atoms with Gasteiger partial charge in [0, 0.05) is 29.7 Å². The maximum Gasteiger partial charge on any atom is 0.233 e. The molecule has 1 aliphatic heterocycles. The molecule has 2 amide bonds. The van der Waals surface area contributed by atoms with Crippen LogP contribution in [0.4, 0.5) is 5.82 Å². The average molecular weight is 470 g/mol. The molecule has 1 saturated heterocycles. The molecule has 158 valence electrons. The minimum Gasteiger partial charge on any atom is -0.342 e. The summed E-state index contributed by atoms with van der Waals surface area (Å²) in [7, 11) is 0. The smallest absolute Gasteiger partial charge is 0.233 e. The lowest BCUT2D eigenvalue weighted by molar-refractivity contribution is -0.140. The molecular formula is C24H28BrN3O2. The lowest BCUT2D eigenvalue weighted by Crippen LogP contribution is -2.49. The van der Waals surface area contributed by atoms with Crippen molar-refractivity contribution in [3.63, 3.8) is 0 Å². The molecule has 30 heavy (non-hydrogen) atoms. The second-order valence-corrected chi connectivity index (χ2v) is 9.49. The lowest BCUT2D eigenvalue weighted by atomic mass is 9.77. The second kappa shape index (κ2) is 8.88. The Hall–Kier alpha value is -2.21. The van der Waals surface area contributed by atoms with Crippen molar-refractivity contribution in [2.75, 3.05) is 18.4 Å². The number of benzene rings is 1. The van der Waals surface area contributed by atoms with E-state index < -0.39 is 5.41 Å². The number of carbonyl (C=O) groups excluding carboxylic acids is 2. The Morgan fingerprint density at radius 3 is 2.33 bits per heavy atom. The predicted octanol–water partition coefficient (Wildman–Crippen LogP) is 4.84. The molecule has 2 fully saturated rings. The van der Waals surface area contributed by atoms with Gasteiger partial charge < -0.3 is 10.2 Å². The van der Waals surface area contributed by atoms with E-state index >= 15 is 0 Å². The number of aryl methyl sites for hydroxylation is 1. The number of hydrogen-bond acceptors (Lipinski definition) is 3. The number of carbonyl (C=O) groups is 2. The molecule has 6 heteroatoms. The first-order valence-electron chi connectivity index (χ1n) is 10.8. The van der Waals surface area contributed by atoms with Gasteiger partial charge >= 0.3 is 0 Å².